The van der Waals surface area contributed by atoms with Gasteiger partial charge in [-0.2, -0.15) is 0 Å². The third-order valence-electron chi connectivity index (χ3n) is 1.23. The molecule has 64 valence electrons. The van der Waals surface area contributed by atoms with Crippen LogP contribution in [0.2, 0.25) is 0 Å². The minimum absolute atomic E-state index is 0.0924. The summed E-state index contributed by atoms with van der Waals surface area (Å²) in [6.07, 6.45) is 0.799. The van der Waals surface area contributed by atoms with E-state index in [0.717, 1.165) is 6.42 Å². The number of aliphatic hydroxyl groups is 1. The van der Waals surface area contributed by atoms with Gasteiger partial charge >= 0.3 is 0 Å². The molecule has 1 heteroatoms. The standard InChI is InChI=1S/C10H18O/c1-9(8-11)6-5-7-10(2,3)4/h9,11H,6,8H2,1-4H3. The molecule has 0 aromatic rings. The first kappa shape index (κ1) is 10.5. The molecule has 0 aliphatic rings. The van der Waals surface area contributed by atoms with Crippen molar-refractivity contribution in [1.29, 1.82) is 0 Å². The van der Waals surface area contributed by atoms with Gasteiger partial charge in [0.05, 0.1) is 0 Å². The molecule has 1 nitrogen and oxygen atoms in total. The Kier molecular flexibility index (Phi) is 4.22. The van der Waals surface area contributed by atoms with Crippen molar-refractivity contribution in [2.24, 2.45) is 11.3 Å². The lowest BCUT2D eigenvalue weighted by molar-refractivity contribution is 0.240. The van der Waals surface area contributed by atoms with Crippen molar-refractivity contribution in [3.05, 3.63) is 0 Å². The van der Waals surface area contributed by atoms with Gasteiger partial charge in [-0.3, -0.25) is 0 Å². The molecule has 0 heterocycles. The van der Waals surface area contributed by atoms with E-state index in [1.165, 1.54) is 0 Å². The van der Waals surface area contributed by atoms with Crippen LogP contribution in [0.15, 0.2) is 0 Å². The Bertz CT molecular complexity index is 154. The SMILES string of the molecule is CC(CO)CC#CC(C)(C)C. The highest BCUT2D eigenvalue weighted by molar-refractivity contribution is 5.07. The van der Waals surface area contributed by atoms with Crippen LogP contribution in [0.4, 0.5) is 0 Å². The predicted molar refractivity (Wildman–Crippen MR) is 48.1 cm³/mol. The number of hydrogen-bond donors (Lipinski definition) is 1. The lowest BCUT2D eigenvalue weighted by Gasteiger charge is -2.07. The van der Waals surface area contributed by atoms with E-state index in [2.05, 4.69) is 32.6 Å². The summed E-state index contributed by atoms with van der Waals surface area (Å²) in [4.78, 5) is 0. The van der Waals surface area contributed by atoms with Crippen LogP contribution in [-0.2, 0) is 0 Å². The molecule has 0 saturated heterocycles. The molecule has 0 aliphatic heterocycles. The normalized spacial score (nSPS) is 13.5. The molecule has 1 atom stereocenters. The molecule has 0 radical (unpaired) electrons. The first-order valence-electron chi connectivity index (χ1n) is 4.06. The van der Waals surface area contributed by atoms with Crippen LogP contribution >= 0.6 is 0 Å². The van der Waals surface area contributed by atoms with Gasteiger partial charge in [-0.1, -0.05) is 12.8 Å². The van der Waals surface area contributed by atoms with Crippen LogP contribution in [0.5, 0.6) is 0 Å². The van der Waals surface area contributed by atoms with E-state index in [0.29, 0.717) is 5.92 Å². The molecule has 0 aromatic carbocycles. The monoisotopic (exact) mass is 154 g/mol. The fourth-order valence-corrected chi connectivity index (χ4v) is 0.555. The van der Waals surface area contributed by atoms with Crippen molar-refractivity contribution in [2.75, 3.05) is 6.61 Å². The fraction of sp³-hybridized carbons (Fsp3) is 0.800. The van der Waals surface area contributed by atoms with E-state index >= 15 is 0 Å². The molecule has 0 aliphatic carbocycles. The van der Waals surface area contributed by atoms with Crippen molar-refractivity contribution in [3.8, 4) is 11.8 Å². The second kappa shape index (κ2) is 4.41. The van der Waals surface area contributed by atoms with Crippen LogP contribution in [0.25, 0.3) is 0 Å². The van der Waals surface area contributed by atoms with E-state index in [-0.39, 0.29) is 12.0 Å². The largest absolute Gasteiger partial charge is 0.396 e. The molecule has 1 unspecified atom stereocenters. The lowest BCUT2D eigenvalue weighted by atomic mass is 9.97. The second-order valence-corrected chi connectivity index (χ2v) is 4.04. The summed E-state index contributed by atoms with van der Waals surface area (Å²) in [6.45, 7) is 8.49. The lowest BCUT2D eigenvalue weighted by Crippen LogP contribution is -2.01. The van der Waals surface area contributed by atoms with Gasteiger partial charge in [0, 0.05) is 18.4 Å². The summed E-state index contributed by atoms with van der Waals surface area (Å²) in [5.74, 6) is 6.50. The third kappa shape index (κ3) is 7.42. The minimum atomic E-state index is 0.0924. The van der Waals surface area contributed by atoms with Crippen molar-refractivity contribution in [1.82, 2.24) is 0 Å². The summed E-state index contributed by atoms with van der Waals surface area (Å²) in [5, 5.41) is 8.70. The zero-order chi connectivity index (χ0) is 8.91. The Morgan fingerprint density at radius 1 is 1.36 bits per heavy atom. The molecule has 0 amide bonds. The van der Waals surface area contributed by atoms with Crippen LogP contribution in [0, 0.1) is 23.2 Å². The van der Waals surface area contributed by atoms with E-state index in [1.807, 2.05) is 6.92 Å². The molecular weight excluding hydrogens is 136 g/mol. The van der Waals surface area contributed by atoms with Gasteiger partial charge in [-0.15, -0.1) is 5.92 Å². The van der Waals surface area contributed by atoms with Crippen LogP contribution < -0.4 is 0 Å². The summed E-state index contributed by atoms with van der Waals surface area (Å²) in [5.41, 5.74) is 0.0924. The maximum absolute atomic E-state index is 8.70. The Balaban J connectivity index is 3.73. The number of rotatable bonds is 2. The first-order valence-corrected chi connectivity index (χ1v) is 4.06. The minimum Gasteiger partial charge on any atom is -0.396 e. The zero-order valence-corrected chi connectivity index (χ0v) is 7.94. The second-order valence-electron chi connectivity index (χ2n) is 4.04. The summed E-state index contributed by atoms with van der Waals surface area (Å²) in [7, 11) is 0. The highest BCUT2D eigenvalue weighted by atomic mass is 16.3. The highest BCUT2D eigenvalue weighted by Crippen LogP contribution is 2.10. The Morgan fingerprint density at radius 3 is 2.27 bits per heavy atom. The van der Waals surface area contributed by atoms with Crippen molar-refractivity contribution in [2.45, 2.75) is 34.1 Å². The average Bonchev–Trinajstić information content (AvgIpc) is 1.85. The smallest absolute Gasteiger partial charge is 0.0465 e. The van der Waals surface area contributed by atoms with Crippen molar-refractivity contribution >= 4 is 0 Å². The molecule has 0 bridgehead atoms. The fourth-order valence-electron chi connectivity index (χ4n) is 0.555. The van der Waals surface area contributed by atoms with Crippen molar-refractivity contribution < 1.29 is 5.11 Å². The van der Waals surface area contributed by atoms with Gasteiger partial charge in [0.15, 0.2) is 0 Å². The first-order chi connectivity index (χ1) is 4.95. The Labute approximate surface area is 69.8 Å². The van der Waals surface area contributed by atoms with Crippen LogP contribution in [0.3, 0.4) is 0 Å². The summed E-state index contributed by atoms with van der Waals surface area (Å²) in [6, 6.07) is 0. The maximum Gasteiger partial charge on any atom is 0.0465 e. The predicted octanol–water partition coefficient (Wildman–Crippen LogP) is 2.05. The van der Waals surface area contributed by atoms with Crippen molar-refractivity contribution in [3.63, 3.8) is 0 Å². The van der Waals surface area contributed by atoms with Gasteiger partial charge in [0.1, 0.15) is 0 Å². The molecule has 0 spiro atoms. The van der Waals surface area contributed by atoms with E-state index in [4.69, 9.17) is 5.11 Å². The van der Waals surface area contributed by atoms with Gasteiger partial charge in [0.2, 0.25) is 0 Å². The highest BCUT2D eigenvalue weighted by Gasteiger charge is 2.03. The van der Waals surface area contributed by atoms with E-state index < -0.39 is 0 Å². The topological polar surface area (TPSA) is 20.2 Å². The van der Waals surface area contributed by atoms with Crippen LogP contribution in [0.1, 0.15) is 34.1 Å². The molecule has 0 fully saturated rings. The molecule has 0 aromatic heterocycles. The average molecular weight is 154 g/mol. The Hall–Kier alpha value is -0.480. The third-order valence-corrected chi connectivity index (χ3v) is 1.23. The summed E-state index contributed by atoms with van der Waals surface area (Å²) >= 11 is 0. The number of hydrogen-bond acceptors (Lipinski definition) is 1. The molecule has 0 saturated carbocycles. The van der Waals surface area contributed by atoms with E-state index in [1.54, 1.807) is 0 Å². The van der Waals surface area contributed by atoms with Gasteiger partial charge < -0.3 is 5.11 Å². The maximum atomic E-state index is 8.70. The molecule has 1 N–H and O–H groups in total. The van der Waals surface area contributed by atoms with Crippen LogP contribution in [-0.4, -0.2) is 11.7 Å². The zero-order valence-electron chi connectivity index (χ0n) is 7.94. The van der Waals surface area contributed by atoms with E-state index in [9.17, 15) is 0 Å². The van der Waals surface area contributed by atoms with Gasteiger partial charge in [0.25, 0.3) is 0 Å². The quantitative estimate of drug-likeness (QED) is 0.603. The van der Waals surface area contributed by atoms with Gasteiger partial charge in [-0.05, 0) is 26.7 Å². The molecule has 11 heavy (non-hydrogen) atoms. The number of aliphatic hydroxyl groups excluding tert-OH is 1. The Morgan fingerprint density at radius 2 is 1.91 bits per heavy atom. The summed E-state index contributed by atoms with van der Waals surface area (Å²) < 4.78 is 0. The molecule has 0 rings (SSSR count). The molecular formula is C10H18O. The van der Waals surface area contributed by atoms with Gasteiger partial charge in [-0.25, -0.2) is 0 Å².